The van der Waals surface area contributed by atoms with Crippen LogP contribution in [0.5, 0.6) is 0 Å². The van der Waals surface area contributed by atoms with Crippen LogP contribution in [-0.4, -0.2) is 50.5 Å². The van der Waals surface area contributed by atoms with Gasteiger partial charge in [-0.05, 0) is 36.2 Å². The number of sulfonamides is 1. The molecule has 0 aromatic heterocycles. The summed E-state index contributed by atoms with van der Waals surface area (Å²) in [6.07, 6.45) is 1.14. The molecule has 208 valence electrons. The minimum Gasteiger partial charge on any atom is -0.355 e. The summed E-state index contributed by atoms with van der Waals surface area (Å²) in [7, 11) is -4.02. The molecule has 3 aromatic carbocycles. The molecule has 0 unspecified atom stereocenters. The topological polar surface area (TPSA) is 86.8 Å². The molecule has 1 atom stereocenters. The fourth-order valence-electron chi connectivity index (χ4n) is 3.95. The van der Waals surface area contributed by atoms with Gasteiger partial charge in [-0.1, -0.05) is 94.9 Å². The standard InChI is InChI=1S/C27H27Cl4N3O4S/c1-3-32-27(36)25(13-18-9-5-4-6-10-18)33(16-19-11-7-8-12-20(19)28)26(35)17-34(39(2,37)38)24-15-22(30)21(29)14-23(24)31/h4-12,14-15,25H,3,13,16-17H2,1-2H3,(H,32,36)/t25-/m0/s1. The van der Waals surface area contributed by atoms with E-state index in [-0.39, 0.29) is 39.6 Å². The monoisotopic (exact) mass is 629 g/mol. The molecule has 0 spiro atoms. The van der Waals surface area contributed by atoms with E-state index >= 15 is 0 Å². The molecule has 0 radical (unpaired) electrons. The molecule has 3 aromatic rings. The van der Waals surface area contributed by atoms with Gasteiger partial charge in [-0.2, -0.15) is 0 Å². The van der Waals surface area contributed by atoms with Crippen LogP contribution in [0.3, 0.4) is 0 Å². The van der Waals surface area contributed by atoms with E-state index in [4.69, 9.17) is 46.4 Å². The summed E-state index contributed by atoms with van der Waals surface area (Å²) in [4.78, 5) is 28.7. The Morgan fingerprint density at radius 2 is 1.49 bits per heavy atom. The lowest BCUT2D eigenvalue weighted by Gasteiger charge is -2.33. The Labute approximate surface area is 248 Å². The molecule has 12 heteroatoms. The second-order valence-electron chi connectivity index (χ2n) is 8.70. The maximum Gasteiger partial charge on any atom is 0.244 e. The van der Waals surface area contributed by atoms with Gasteiger partial charge in [-0.15, -0.1) is 0 Å². The number of likely N-dealkylation sites (N-methyl/N-ethyl adjacent to an activating group) is 1. The number of hydrogen-bond donors (Lipinski definition) is 1. The largest absolute Gasteiger partial charge is 0.355 e. The number of carbonyl (C=O) groups is 2. The maximum absolute atomic E-state index is 14.0. The van der Waals surface area contributed by atoms with Crippen LogP contribution in [0.4, 0.5) is 5.69 Å². The van der Waals surface area contributed by atoms with Crippen LogP contribution in [0.1, 0.15) is 18.1 Å². The van der Waals surface area contributed by atoms with Gasteiger partial charge in [0.2, 0.25) is 21.8 Å². The first kappa shape index (κ1) is 31.0. The Morgan fingerprint density at radius 1 is 0.872 bits per heavy atom. The summed E-state index contributed by atoms with van der Waals surface area (Å²) in [5.41, 5.74) is 1.39. The number of benzene rings is 3. The maximum atomic E-state index is 14.0. The van der Waals surface area contributed by atoms with E-state index in [1.54, 1.807) is 31.2 Å². The fraction of sp³-hybridized carbons (Fsp3) is 0.259. The molecular formula is C27H27Cl4N3O4S. The molecule has 0 saturated carbocycles. The van der Waals surface area contributed by atoms with E-state index in [0.717, 1.165) is 16.1 Å². The van der Waals surface area contributed by atoms with Crippen LogP contribution in [0.2, 0.25) is 20.1 Å². The molecule has 0 fully saturated rings. The first-order chi connectivity index (χ1) is 18.4. The summed E-state index contributed by atoms with van der Waals surface area (Å²) in [5, 5.41) is 3.37. The number of nitrogens with zero attached hydrogens (tertiary/aromatic N) is 2. The Bertz CT molecular complexity index is 1440. The Balaban J connectivity index is 2.09. The minimum absolute atomic E-state index is 0.00941. The second-order valence-corrected chi connectivity index (χ2v) is 12.2. The fourth-order valence-corrected chi connectivity index (χ4v) is 5.70. The molecule has 0 saturated heterocycles. The zero-order valence-corrected chi connectivity index (χ0v) is 25.0. The van der Waals surface area contributed by atoms with Gasteiger partial charge < -0.3 is 10.2 Å². The summed E-state index contributed by atoms with van der Waals surface area (Å²) in [6.45, 7) is 1.42. The van der Waals surface area contributed by atoms with E-state index in [9.17, 15) is 18.0 Å². The number of carbonyl (C=O) groups excluding carboxylic acids is 2. The molecule has 2 amide bonds. The van der Waals surface area contributed by atoms with Crippen molar-refractivity contribution >= 4 is 73.9 Å². The quantitative estimate of drug-likeness (QED) is 0.270. The van der Waals surface area contributed by atoms with Gasteiger partial charge >= 0.3 is 0 Å². The number of halogens is 4. The summed E-state index contributed by atoms with van der Waals surface area (Å²) in [6, 6.07) is 17.8. The van der Waals surface area contributed by atoms with Crippen LogP contribution < -0.4 is 9.62 Å². The van der Waals surface area contributed by atoms with Crippen molar-refractivity contribution in [3.05, 3.63) is 97.9 Å². The average molecular weight is 631 g/mol. The third kappa shape index (κ3) is 8.25. The highest BCUT2D eigenvalue weighted by Gasteiger charge is 2.33. The van der Waals surface area contributed by atoms with Gasteiger partial charge in [0.05, 0.1) is 27.0 Å². The zero-order valence-electron chi connectivity index (χ0n) is 21.2. The van der Waals surface area contributed by atoms with Crippen molar-refractivity contribution in [1.82, 2.24) is 10.2 Å². The Hall–Kier alpha value is -2.49. The molecule has 0 heterocycles. The number of rotatable bonds is 11. The number of hydrogen-bond acceptors (Lipinski definition) is 4. The molecule has 1 N–H and O–H groups in total. The second kappa shape index (κ2) is 13.7. The van der Waals surface area contributed by atoms with Crippen molar-refractivity contribution < 1.29 is 18.0 Å². The molecule has 0 aliphatic heterocycles. The number of nitrogens with one attached hydrogen (secondary N) is 1. The van der Waals surface area contributed by atoms with Crippen molar-refractivity contribution in [2.24, 2.45) is 0 Å². The van der Waals surface area contributed by atoms with Crippen molar-refractivity contribution in [3.8, 4) is 0 Å². The molecule has 39 heavy (non-hydrogen) atoms. The van der Waals surface area contributed by atoms with E-state index in [1.807, 2.05) is 30.3 Å². The number of amides is 2. The highest BCUT2D eigenvalue weighted by atomic mass is 35.5. The van der Waals surface area contributed by atoms with Crippen molar-refractivity contribution in [2.45, 2.75) is 25.9 Å². The zero-order chi connectivity index (χ0) is 28.7. The first-order valence-corrected chi connectivity index (χ1v) is 15.2. The Morgan fingerprint density at radius 3 is 2.10 bits per heavy atom. The van der Waals surface area contributed by atoms with Gasteiger partial charge in [-0.3, -0.25) is 13.9 Å². The molecular weight excluding hydrogens is 604 g/mol. The van der Waals surface area contributed by atoms with Gasteiger partial charge in [0, 0.05) is 24.5 Å². The van der Waals surface area contributed by atoms with Crippen molar-refractivity contribution in [2.75, 3.05) is 23.7 Å². The predicted octanol–water partition coefficient (Wildman–Crippen LogP) is 5.84. The number of anilines is 1. The molecule has 3 rings (SSSR count). The summed E-state index contributed by atoms with van der Waals surface area (Å²) in [5.74, 6) is -1.03. The van der Waals surface area contributed by atoms with Crippen molar-refractivity contribution in [3.63, 3.8) is 0 Å². The van der Waals surface area contributed by atoms with Gasteiger partial charge in [0.1, 0.15) is 12.6 Å². The summed E-state index contributed by atoms with van der Waals surface area (Å²) >= 11 is 24.9. The molecule has 0 aliphatic carbocycles. The van der Waals surface area contributed by atoms with Crippen LogP contribution in [0.25, 0.3) is 0 Å². The minimum atomic E-state index is -4.02. The Kier molecular flexibility index (Phi) is 10.9. The van der Waals surface area contributed by atoms with Gasteiger partial charge in [0.25, 0.3) is 0 Å². The highest BCUT2D eigenvalue weighted by Crippen LogP contribution is 2.35. The van der Waals surface area contributed by atoms with E-state index in [0.29, 0.717) is 17.1 Å². The molecule has 7 nitrogen and oxygen atoms in total. The smallest absolute Gasteiger partial charge is 0.244 e. The lowest BCUT2D eigenvalue weighted by Crippen LogP contribution is -2.53. The van der Waals surface area contributed by atoms with Crippen LogP contribution >= 0.6 is 46.4 Å². The first-order valence-electron chi connectivity index (χ1n) is 11.9. The van der Waals surface area contributed by atoms with Crippen LogP contribution in [-0.2, 0) is 32.6 Å². The molecule has 0 bridgehead atoms. The summed E-state index contributed by atoms with van der Waals surface area (Å²) < 4.78 is 26.6. The molecule has 0 aliphatic rings. The van der Waals surface area contributed by atoms with Crippen molar-refractivity contribution in [1.29, 1.82) is 0 Å². The SMILES string of the molecule is CCNC(=O)[C@H](Cc1ccccc1)N(Cc1ccccc1Cl)C(=O)CN(c1cc(Cl)c(Cl)cc1Cl)S(C)(=O)=O. The van der Waals surface area contributed by atoms with Gasteiger partial charge in [-0.25, -0.2) is 8.42 Å². The van der Waals surface area contributed by atoms with E-state index < -0.39 is 28.5 Å². The van der Waals surface area contributed by atoms with Crippen LogP contribution in [0.15, 0.2) is 66.7 Å². The van der Waals surface area contributed by atoms with E-state index in [1.165, 1.54) is 17.0 Å². The third-order valence-electron chi connectivity index (χ3n) is 5.86. The van der Waals surface area contributed by atoms with Gasteiger partial charge in [0.15, 0.2) is 0 Å². The highest BCUT2D eigenvalue weighted by molar-refractivity contribution is 7.92. The van der Waals surface area contributed by atoms with E-state index in [2.05, 4.69) is 5.32 Å². The normalized spacial score (nSPS) is 12.1. The predicted molar refractivity (Wildman–Crippen MR) is 158 cm³/mol. The third-order valence-corrected chi connectivity index (χ3v) is 8.38. The lowest BCUT2D eigenvalue weighted by atomic mass is 10.0. The lowest BCUT2D eigenvalue weighted by molar-refractivity contribution is -0.140. The average Bonchev–Trinajstić information content (AvgIpc) is 2.88. The van der Waals surface area contributed by atoms with Crippen LogP contribution in [0, 0.1) is 0 Å².